The monoisotopic (exact) mass is 474 g/mol. The quantitative estimate of drug-likeness (QED) is 0.362. The summed E-state index contributed by atoms with van der Waals surface area (Å²) in [6.45, 7) is 11.7. The molecule has 0 bridgehead atoms. The van der Waals surface area contributed by atoms with Crippen LogP contribution >= 0.6 is 11.3 Å². The molecule has 0 aliphatic carbocycles. The molecule has 1 atom stereocenters. The lowest BCUT2D eigenvalue weighted by molar-refractivity contribution is 0.0970. The van der Waals surface area contributed by atoms with Crippen molar-refractivity contribution in [3.63, 3.8) is 0 Å². The molecule has 1 amide bonds. The van der Waals surface area contributed by atoms with Gasteiger partial charge in [-0.1, -0.05) is 12.1 Å². The summed E-state index contributed by atoms with van der Waals surface area (Å²) in [4.78, 5) is 34.8. The molecule has 5 rings (SSSR count). The van der Waals surface area contributed by atoms with Crippen LogP contribution in [0.2, 0.25) is 0 Å². The minimum absolute atomic E-state index is 0.00617. The van der Waals surface area contributed by atoms with Crippen molar-refractivity contribution in [3.8, 4) is 5.75 Å². The zero-order chi connectivity index (χ0) is 24.3. The Hall–Kier alpha value is -3.45. The number of fused-ring (bicyclic) bond motifs is 2. The highest BCUT2D eigenvalue weighted by molar-refractivity contribution is 7.15. The van der Waals surface area contributed by atoms with E-state index in [-0.39, 0.29) is 23.2 Å². The van der Waals surface area contributed by atoms with Crippen molar-refractivity contribution in [2.45, 2.75) is 53.7 Å². The largest absolute Gasteiger partial charge is 0.491 e. The number of carbonyl (C=O) groups excluding carboxylic acids is 1. The van der Waals surface area contributed by atoms with Gasteiger partial charge in [-0.25, -0.2) is 4.98 Å². The first-order chi connectivity index (χ1) is 16.2. The predicted molar refractivity (Wildman–Crippen MR) is 134 cm³/mol. The van der Waals surface area contributed by atoms with Crippen LogP contribution in [0, 0.1) is 27.7 Å². The van der Waals surface area contributed by atoms with Crippen molar-refractivity contribution in [3.05, 3.63) is 85.2 Å². The lowest BCUT2D eigenvalue weighted by Crippen LogP contribution is -2.29. The standard InChI is InChI=1S/C27H26N2O4S/c1-13(2)32-19-9-7-8-18(12-19)23-22-24(30)20-10-14(3)15(4)11-21(20)33-25(22)26(31)29(23)27-28-16(5)17(6)34-27/h7-13,23H,1-6H3. The minimum Gasteiger partial charge on any atom is -0.491 e. The number of carbonyl (C=O) groups is 1. The molecule has 0 spiro atoms. The number of hydrogen-bond acceptors (Lipinski definition) is 6. The molecule has 0 saturated carbocycles. The fourth-order valence-electron chi connectivity index (χ4n) is 4.33. The van der Waals surface area contributed by atoms with Crippen molar-refractivity contribution in [2.75, 3.05) is 4.90 Å². The van der Waals surface area contributed by atoms with E-state index in [9.17, 15) is 9.59 Å². The molecule has 0 N–H and O–H groups in total. The van der Waals surface area contributed by atoms with Crippen LogP contribution in [-0.2, 0) is 0 Å². The van der Waals surface area contributed by atoms with Crippen molar-refractivity contribution < 1.29 is 13.9 Å². The van der Waals surface area contributed by atoms with E-state index in [1.54, 1.807) is 4.90 Å². The number of aromatic nitrogens is 1. The van der Waals surface area contributed by atoms with Crippen molar-refractivity contribution in [1.82, 2.24) is 4.98 Å². The molecule has 6 nitrogen and oxygen atoms in total. The zero-order valence-electron chi connectivity index (χ0n) is 20.1. The zero-order valence-corrected chi connectivity index (χ0v) is 20.9. The van der Waals surface area contributed by atoms with Gasteiger partial charge in [0.2, 0.25) is 5.76 Å². The summed E-state index contributed by atoms with van der Waals surface area (Å²) >= 11 is 1.43. The van der Waals surface area contributed by atoms with Gasteiger partial charge < -0.3 is 9.15 Å². The number of hydrogen-bond donors (Lipinski definition) is 0. The third-order valence-electron chi connectivity index (χ3n) is 6.26. The smallest absolute Gasteiger partial charge is 0.297 e. The first kappa shape index (κ1) is 22.3. The van der Waals surface area contributed by atoms with Crippen molar-refractivity contribution >= 4 is 33.3 Å². The lowest BCUT2D eigenvalue weighted by atomic mass is 9.97. The lowest BCUT2D eigenvalue weighted by Gasteiger charge is -2.23. The van der Waals surface area contributed by atoms with Gasteiger partial charge in [0.15, 0.2) is 10.6 Å². The second-order valence-corrected chi connectivity index (χ2v) is 10.2. The number of benzene rings is 2. The van der Waals surface area contributed by atoms with Gasteiger partial charge >= 0.3 is 0 Å². The first-order valence-electron chi connectivity index (χ1n) is 11.3. The van der Waals surface area contributed by atoms with Gasteiger partial charge in [0.25, 0.3) is 5.91 Å². The van der Waals surface area contributed by atoms with Crippen LogP contribution in [0.25, 0.3) is 11.0 Å². The maximum absolute atomic E-state index is 13.8. The molecule has 1 aliphatic heterocycles. The van der Waals surface area contributed by atoms with Gasteiger partial charge in [0.1, 0.15) is 11.3 Å². The number of ether oxygens (including phenoxy) is 1. The fraction of sp³-hybridized carbons (Fsp3) is 0.296. The summed E-state index contributed by atoms with van der Waals surface area (Å²) in [5.74, 6) is 0.393. The number of amides is 1. The summed E-state index contributed by atoms with van der Waals surface area (Å²) in [5, 5.41) is 1.02. The highest BCUT2D eigenvalue weighted by Crippen LogP contribution is 2.43. The van der Waals surface area contributed by atoms with E-state index >= 15 is 0 Å². The second kappa shape index (κ2) is 8.09. The molecule has 174 valence electrons. The van der Waals surface area contributed by atoms with Crippen molar-refractivity contribution in [1.29, 1.82) is 0 Å². The van der Waals surface area contributed by atoms with Crippen LogP contribution in [0.15, 0.2) is 45.6 Å². The average Bonchev–Trinajstić information content (AvgIpc) is 3.25. The Morgan fingerprint density at radius 1 is 1.06 bits per heavy atom. The predicted octanol–water partition coefficient (Wildman–Crippen LogP) is 6.02. The SMILES string of the molecule is Cc1cc2oc3c(c(=O)c2cc1C)C(c1cccc(OC(C)C)c1)N(c1nc(C)c(C)s1)C3=O. The number of thiazole rings is 1. The summed E-state index contributed by atoms with van der Waals surface area (Å²) in [6.07, 6.45) is -0.00617. The van der Waals surface area contributed by atoms with E-state index in [2.05, 4.69) is 4.98 Å². The van der Waals surface area contributed by atoms with Gasteiger partial charge in [-0.3, -0.25) is 14.5 Å². The highest BCUT2D eigenvalue weighted by Gasteiger charge is 2.45. The number of rotatable bonds is 4. The molecular formula is C27H26N2O4S. The molecule has 34 heavy (non-hydrogen) atoms. The minimum atomic E-state index is -0.662. The number of anilines is 1. The van der Waals surface area contributed by atoms with E-state index in [4.69, 9.17) is 9.15 Å². The third-order valence-corrected chi connectivity index (χ3v) is 7.33. The van der Waals surface area contributed by atoms with Crippen LogP contribution in [-0.4, -0.2) is 17.0 Å². The number of aryl methyl sites for hydroxylation is 4. The van der Waals surface area contributed by atoms with Crippen LogP contribution in [0.5, 0.6) is 5.75 Å². The van der Waals surface area contributed by atoms with Gasteiger partial charge in [-0.05, 0) is 82.5 Å². The molecule has 0 radical (unpaired) electrons. The molecule has 1 aliphatic rings. The van der Waals surface area contributed by atoms with Crippen molar-refractivity contribution in [2.24, 2.45) is 0 Å². The summed E-state index contributed by atoms with van der Waals surface area (Å²) in [7, 11) is 0. The molecule has 0 fully saturated rings. The van der Waals surface area contributed by atoms with Gasteiger partial charge in [-0.2, -0.15) is 0 Å². The Morgan fingerprint density at radius 2 is 1.79 bits per heavy atom. The highest BCUT2D eigenvalue weighted by atomic mass is 32.1. The maximum atomic E-state index is 13.8. The molecule has 0 saturated heterocycles. The Balaban J connectivity index is 1.79. The third kappa shape index (κ3) is 3.51. The van der Waals surface area contributed by atoms with Gasteiger partial charge in [0, 0.05) is 4.88 Å². The molecule has 1 unspecified atom stereocenters. The second-order valence-electron chi connectivity index (χ2n) is 9.06. The summed E-state index contributed by atoms with van der Waals surface area (Å²) in [6, 6.07) is 10.6. The molecule has 4 aromatic rings. The first-order valence-corrected chi connectivity index (χ1v) is 12.1. The fourth-order valence-corrected chi connectivity index (χ4v) is 5.27. The summed E-state index contributed by atoms with van der Waals surface area (Å²) < 4.78 is 12.0. The number of nitrogens with zero attached hydrogens (tertiary/aromatic N) is 2. The van der Waals surface area contributed by atoms with Crippen LogP contribution < -0.4 is 15.1 Å². The van der Waals surface area contributed by atoms with E-state index in [0.29, 0.717) is 27.4 Å². The molecule has 3 heterocycles. The van der Waals surface area contributed by atoms with Crippen LogP contribution in [0.4, 0.5) is 5.13 Å². The molecular weight excluding hydrogens is 448 g/mol. The van der Waals surface area contributed by atoms with Gasteiger partial charge in [0.05, 0.1) is 28.8 Å². The topological polar surface area (TPSA) is 72.6 Å². The van der Waals surface area contributed by atoms with Gasteiger partial charge in [-0.15, -0.1) is 11.3 Å². The summed E-state index contributed by atoms with van der Waals surface area (Å²) in [5.41, 5.74) is 4.19. The molecule has 2 aromatic heterocycles. The van der Waals surface area contributed by atoms with E-state index in [1.807, 2.05) is 77.9 Å². The van der Waals surface area contributed by atoms with Crippen LogP contribution in [0.1, 0.15) is 63.3 Å². The van der Waals surface area contributed by atoms with E-state index in [1.165, 1.54) is 11.3 Å². The Kier molecular flexibility index (Phi) is 5.32. The Morgan fingerprint density at radius 3 is 2.47 bits per heavy atom. The average molecular weight is 475 g/mol. The van der Waals surface area contributed by atoms with E-state index < -0.39 is 6.04 Å². The Bertz CT molecular complexity index is 1500. The maximum Gasteiger partial charge on any atom is 0.297 e. The molecule has 7 heteroatoms. The Labute approximate surface area is 201 Å². The molecule has 2 aromatic carbocycles. The van der Waals surface area contributed by atoms with Crippen LogP contribution in [0.3, 0.4) is 0 Å². The van der Waals surface area contributed by atoms with E-state index in [0.717, 1.165) is 27.3 Å². The normalized spacial score (nSPS) is 15.4.